The largest absolute Gasteiger partial charge is 0.309 e. The van der Waals surface area contributed by atoms with E-state index in [0.717, 1.165) is 26.1 Å². The highest BCUT2D eigenvalue weighted by Crippen LogP contribution is 2.39. The van der Waals surface area contributed by atoms with Gasteiger partial charge in [0.15, 0.2) is 0 Å². The maximum Gasteiger partial charge on any atom is 0.0648 e. The topological polar surface area (TPSA) is 4.93 Å². The van der Waals surface area contributed by atoms with Crippen LogP contribution in [0.1, 0.15) is 0 Å². The minimum atomic E-state index is 0.762. The quantitative estimate of drug-likeness (QED) is 0.382. The highest BCUT2D eigenvalue weighted by Gasteiger charge is 2.15. The van der Waals surface area contributed by atoms with Crippen LogP contribution in [0.15, 0.2) is 71.2 Å². The molecule has 0 radical (unpaired) electrons. The summed E-state index contributed by atoms with van der Waals surface area (Å²) in [6.45, 7) is 0. The molecule has 4 aromatic rings. The molecular weight excluding hydrogens is 346 g/mol. The standard InChI is InChI=1S/C18H11BrClN/c19-14-10-11-16-17(18(14)20)13-8-4-5-9-15(13)21(16)12-6-2-1-3-7-12/h1-11H. The maximum atomic E-state index is 6.55. The summed E-state index contributed by atoms with van der Waals surface area (Å²) in [5.41, 5.74) is 3.43. The summed E-state index contributed by atoms with van der Waals surface area (Å²) in [5, 5.41) is 3.02. The average molecular weight is 357 g/mol. The monoisotopic (exact) mass is 355 g/mol. The molecule has 0 bridgehead atoms. The number of nitrogens with zero attached hydrogens (tertiary/aromatic N) is 1. The predicted molar refractivity (Wildman–Crippen MR) is 93.5 cm³/mol. The molecule has 3 heteroatoms. The second-order valence-electron chi connectivity index (χ2n) is 4.94. The lowest BCUT2D eigenvalue weighted by molar-refractivity contribution is 1.18. The molecule has 4 rings (SSSR count). The minimum Gasteiger partial charge on any atom is -0.309 e. The van der Waals surface area contributed by atoms with Gasteiger partial charge in [-0.3, -0.25) is 0 Å². The molecule has 0 saturated carbocycles. The molecule has 1 nitrogen and oxygen atoms in total. The van der Waals surface area contributed by atoms with Gasteiger partial charge in [0, 0.05) is 20.9 Å². The van der Waals surface area contributed by atoms with Gasteiger partial charge in [0.05, 0.1) is 16.1 Å². The zero-order valence-corrected chi connectivity index (χ0v) is 13.4. The summed E-state index contributed by atoms with van der Waals surface area (Å²) in [6, 6.07) is 22.8. The van der Waals surface area contributed by atoms with Gasteiger partial charge in [-0.15, -0.1) is 0 Å². The van der Waals surface area contributed by atoms with Gasteiger partial charge < -0.3 is 4.57 Å². The normalized spacial score (nSPS) is 11.3. The molecule has 0 aliphatic heterocycles. The summed E-state index contributed by atoms with van der Waals surface area (Å²) < 4.78 is 3.18. The van der Waals surface area contributed by atoms with E-state index in [1.165, 1.54) is 10.9 Å². The van der Waals surface area contributed by atoms with E-state index in [4.69, 9.17) is 11.6 Å². The Morgan fingerprint density at radius 1 is 0.762 bits per heavy atom. The van der Waals surface area contributed by atoms with Crippen LogP contribution in [0.2, 0.25) is 5.02 Å². The molecule has 0 amide bonds. The Labute approximate surface area is 135 Å². The number of rotatable bonds is 1. The van der Waals surface area contributed by atoms with Gasteiger partial charge in [0.1, 0.15) is 0 Å². The number of hydrogen-bond donors (Lipinski definition) is 0. The average Bonchev–Trinajstić information content (AvgIpc) is 2.87. The number of hydrogen-bond acceptors (Lipinski definition) is 0. The third-order valence-corrected chi connectivity index (χ3v) is 5.02. The molecule has 0 aliphatic rings. The van der Waals surface area contributed by atoms with Gasteiger partial charge in [-0.25, -0.2) is 0 Å². The Bertz CT molecular complexity index is 957. The molecule has 0 saturated heterocycles. The third kappa shape index (κ3) is 1.90. The Morgan fingerprint density at radius 2 is 1.48 bits per heavy atom. The summed E-state index contributed by atoms with van der Waals surface area (Å²) in [4.78, 5) is 0. The van der Waals surface area contributed by atoms with Gasteiger partial charge in [-0.05, 0) is 46.3 Å². The van der Waals surface area contributed by atoms with E-state index >= 15 is 0 Å². The fraction of sp³-hybridized carbons (Fsp3) is 0. The van der Waals surface area contributed by atoms with Crippen molar-refractivity contribution in [3.8, 4) is 5.69 Å². The zero-order chi connectivity index (χ0) is 14.4. The molecule has 0 spiro atoms. The second kappa shape index (κ2) is 4.90. The molecule has 3 aromatic carbocycles. The molecule has 1 heterocycles. The molecule has 0 N–H and O–H groups in total. The lowest BCUT2D eigenvalue weighted by atomic mass is 10.1. The van der Waals surface area contributed by atoms with Gasteiger partial charge in [0.25, 0.3) is 0 Å². The van der Waals surface area contributed by atoms with Gasteiger partial charge in [0.2, 0.25) is 0 Å². The van der Waals surface area contributed by atoms with Crippen molar-refractivity contribution in [2.45, 2.75) is 0 Å². The first-order valence-corrected chi connectivity index (χ1v) is 7.87. The van der Waals surface area contributed by atoms with Gasteiger partial charge in [-0.1, -0.05) is 48.0 Å². The molecule has 0 unspecified atom stereocenters. The summed E-state index contributed by atoms with van der Waals surface area (Å²) in [5.74, 6) is 0. The fourth-order valence-corrected chi connectivity index (χ4v) is 3.44. The van der Waals surface area contributed by atoms with Crippen molar-refractivity contribution < 1.29 is 0 Å². The van der Waals surface area contributed by atoms with Crippen LogP contribution < -0.4 is 0 Å². The van der Waals surface area contributed by atoms with E-state index in [1.54, 1.807) is 0 Å². The molecule has 21 heavy (non-hydrogen) atoms. The Morgan fingerprint density at radius 3 is 2.29 bits per heavy atom. The lowest BCUT2D eigenvalue weighted by Gasteiger charge is -2.07. The summed E-state index contributed by atoms with van der Waals surface area (Å²) >= 11 is 10.1. The lowest BCUT2D eigenvalue weighted by Crippen LogP contribution is -1.92. The Kier molecular flexibility index (Phi) is 3.02. The SMILES string of the molecule is Clc1c(Br)ccc2c1c1ccccc1n2-c1ccccc1. The zero-order valence-electron chi connectivity index (χ0n) is 11.1. The fourth-order valence-electron chi connectivity index (χ4n) is 2.85. The molecule has 1 aromatic heterocycles. The molecule has 0 aliphatic carbocycles. The first-order chi connectivity index (χ1) is 10.3. The van der Waals surface area contributed by atoms with Crippen LogP contribution >= 0.6 is 27.5 Å². The van der Waals surface area contributed by atoms with Crippen molar-refractivity contribution in [2.24, 2.45) is 0 Å². The highest BCUT2D eigenvalue weighted by molar-refractivity contribution is 9.10. The first kappa shape index (κ1) is 12.9. The van der Waals surface area contributed by atoms with Crippen LogP contribution in [0, 0.1) is 0 Å². The van der Waals surface area contributed by atoms with Crippen LogP contribution in [0.3, 0.4) is 0 Å². The van der Waals surface area contributed by atoms with Gasteiger partial charge >= 0.3 is 0 Å². The third-order valence-electron chi connectivity index (χ3n) is 3.74. The van der Waals surface area contributed by atoms with Crippen molar-refractivity contribution in [2.75, 3.05) is 0 Å². The molecular formula is C18H11BrClN. The van der Waals surface area contributed by atoms with Crippen LogP contribution in [0.25, 0.3) is 27.5 Å². The van der Waals surface area contributed by atoms with Crippen LogP contribution in [-0.4, -0.2) is 4.57 Å². The van der Waals surface area contributed by atoms with Crippen molar-refractivity contribution >= 4 is 49.3 Å². The smallest absolute Gasteiger partial charge is 0.0648 e. The van der Waals surface area contributed by atoms with E-state index in [0.29, 0.717) is 0 Å². The van der Waals surface area contributed by atoms with Crippen molar-refractivity contribution in [3.05, 3.63) is 76.2 Å². The number of fused-ring (bicyclic) bond motifs is 3. The predicted octanol–water partition coefficient (Wildman–Crippen LogP) is 6.20. The molecule has 102 valence electrons. The molecule has 0 atom stereocenters. The van der Waals surface area contributed by atoms with Crippen molar-refractivity contribution in [1.29, 1.82) is 0 Å². The second-order valence-corrected chi connectivity index (χ2v) is 6.18. The summed E-state index contributed by atoms with van der Waals surface area (Å²) in [7, 11) is 0. The van der Waals surface area contributed by atoms with E-state index in [-0.39, 0.29) is 0 Å². The highest BCUT2D eigenvalue weighted by atomic mass is 79.9. The maximum absolute atomic E-state index is 6.55. The van der Waals surface area contributed by atoms with E-state index in [9.17, 15) is 0 Å². The number of aromatic nitrogens is 1. The minimum absolute atomic E-state index is 0.762. The van der Waals surface area contributed by atoms with E-state index in [1.807, 2.05) is 18.2 Å². The van der Waals surface area contributed by atoms with Crippen LogP contribution in [0.5, 0.6) is 0 Å². The number of benzene rings is 3. The summed E-state index contributed by atoms with van der Waals surface area (Å²) in [6.07, 6.45) is 0. The molecule has 0 fully saturated rings. The van der Waals surface area contributed by atoms with Crippen molar-refractivity contribution in [1.82, 2.24) is 4.57 Å². The van der Waals surface area contributed by atoms with Gasteiger partial charge in [-0.2, -0.15) is 0 Å². The number of para-hydroxylation sites is 2. The van der Waals surface area contributed by atoms with E-state index in [2.05, 4.69) is 69.0 Å². The van der Waals surface area contributed by atoms with E-state index < -0.39 is 0 Å². The van der Waals surface area contributed by atoms with Crippen LogP contribution in [-0.2, 0) is 0 Å². The Balaban J connectivity index is 2.26. The van der Waals surface area contributed by atoms with Crippen LogP contribution in [0.4, 0.5) is 0 Å². The Hall–Kier alpha value is -1.77. The van der Waals surface area contributed by atoms with Crippen molar-refractivity contribution in [3.63, 3.8) is 0 Å². The number of halogens is 2. The first-order valence-electron chi connectivity index (χ1n) is 6.70.